The summed E-state index contributed by atoms with van der Waals surface area (Å²) in [5.41, 5.74) is 2.00. The van der Waals surface area contributed by atoms with Gasteiger partial charge in [-0.3, -0.25) is 15.0 Å². The van der Waals surface area contributed by atoms with Crippen LogP contribution in [0.3, 0.4) is 0 Å². The molecule has 7 heteroatoms. The zero-order chi connectivity index (χ0) is 10.1. The first-order chi connectivity index (χ1) is 6.68. The number of tetrazole rings is 1. The molecule has 2 heterocycles. The van der Waals surface area contributed by atoms with Gasteiger partial charge in [0.15, 0.2) is 0 Å². The van der Waals surface area contributed by atoms with Crippen LogP contribution < -0.4 is 5.10 Å². The van der Waals surface area contributed by atoms with E-state index >= 15 is 0 Å². The minimum absolute atomic E-state index is 0.505. The van der Waals surface area contributed by atoms with Crippen LogP contribution in [-0.2, 0) is 6.54 Å². The number of rotatable bonds is 2. The Morgan fingerprint density at radius 1 is 1.43 bits per heavy atom. The lowest BCUT2D eigenvalue weighted by molar-refractivity contribution is 0.630. The van der Waals surface area contributed by atoms with E-state index in [0.717, 1.165) is 15.9 Å². The summed E-state index contributed by atoms with van der Waals surface area (Å²) >= 11 is 3.45. The van der Waals surface area contributed by atoms with Crippen LogP contribution in [0.25, 0.3) is 0 Å². The fraction of sp³-hybridized carbons (Fsp3) is 0.429. The average molecular weight is 256 g/mol. The molecule has 0 saturated heterocycles. The largest absolute Gasteiger partial charge is 0.334 e. The van der Waals surface area contributed by atoms with Gasteiger partial charge in [-0.15, -0.1) is 0 Å². The van der Waals surface area contributed by atoms with Gasteiger partial charge in [0.2, 0.25) is 0 Å². The monoisotopic (exact) mass is 255 g/mol. The predicted octanol–water partition coefficient (Wildman–Crippen LogP) is 0.453. The number of hydrogen-bond donors (Lipinski definition) is 0. The second-order valence-corrected chi connectivity index (χ2v) is 3.73. The van der Waals surface area contributed by atoms with E-state index in [-0.39, 0.29) is 0 Å². The van der Waals surface area contributed by atoms with Crippen LogP contribution in [-0.4, -0.2) is 25.3 Å². The molecule has 2 aromatic rings. The summed E-state index contributed by atoms with van der Waals surface area (Å²) in [7, 11) is 0. The number of halogens is 1. The Morgan fingerprint density at radius 2 is 2.21 bits per heavy atom. The Labute approximate surface area is 88.8 Å². The molecule has 2 aromatic heterocycles. The number of aryl methyl sites for hydroxylation is 1. The minimum Gasteiger partial charge on any atom is -0.334 e. The van der Waals surface area contributed by atoms with Crippen molar-refractivity contribution in [1.29, 1.82) is 0 Å². The molecule has 0 fully saturated rings. The first kappa shape index (κ1) is 9.32. The number of aromatic nitrogens is 6. The summed E-state index contributed by atoms with van der Waals surface area (Å²) in [4.78, 5) is 0. The molecular weight excluding hydrogens is 248 g/mol. The van der Waals surface area contributed by atoms with Gasteiger partial charge < -0.3 is 5.10 Å². The molecule has 2 rings (SSSR count). The van der Waals surface area contributed by atoms with E-state index in [0.29, 0.717) is 12.4 Å². The molecule has 0 bridgehead atoms. The van der Waals surface area contributed by atoms with E-state index in [2.05, 4.69) is 41.7 Å². The maximum absolute atomic E-state index is 4.32. The third-order valence-electron chi connectivity index (χ3n) is 1.94. The maximum Gasteiger partial charge on any atom is 0.0738 e. The molecule has 0 aromatic carbocycles. The van der Waals surface area contributed by atoms with Gasteiger partial charge in [0.1, 0.15) is 0 Å². The van der Waals surface area contributed by atoms with Crippen LogP contribution in [0.1, 0.15) is 17.2 Å². The minimum atomic E-state index is 0.505. The van der Waals surface area contributed by atoms with Crippen LogP contribution >= 0.6 is 15.9 Å². The normalized spacial score (nSPS) is 10.8. The van der Waals surface area contributed by atoms with E-state index in [9.17, 15) is 0 Å². The van der Waals surface area contributed by atoms with Crippen molar-refractivity contribution < 1.29 is 0 Å². The molecule has 0 aliphatic carbocycles. The van der Waals surface area contributed by atoms with Crippen molar-refractivity contribution in [3.63, 3.8) is 0 Å². The van der Waals surface area contributed by atoms with Crippen molar-refractivity contribution in [2.24, 2.45) is 0 Å². The third kappa shape index (κ3) is 1.54. The van der Waals surface area contributed by atoms with E-state index < -0.39 is 0 Å². The van der Waals surface area contributed by atoms with Gasteiger partial charge in [-0.1, -0.05) is 0 Å². The summed E-state index contributed by atoms with van der Waals surface area (Å²) < 4.78 is 2.84. The zero-order valence-corrected chi connectivity index (χ0v) is 9.35. The first-order valence-corrected chi connectivity index (χ1v) is 4.85. The molecule has 0 amide bonds. The van der Waals surface area contributed by atoms with Gasteiger partial charge in [0.25, 0.3) is 0 Å². The van der Waals surface area contributed by atoms with Gasteiger partial charge >= 0.3 is 0 Å². The van der Waals surface area contributed by atoms with Crippen molar-refractivity contribution in [2.75, 3.05) is 0 Å². The molecule has 0 N–H and O–H groups in total. The average Bonchev–Trinajstić information content (AvgIpc) is 2.73. The second-order valence-electron chi connectivity index (χ2n) is 2.94. The third-order valence-corrected chi connectivity index (χ3v) is 3.09. The molecule has 74 valence electrons. The fourth-order valence-electron chi connectivity index (χ4n) is 1.19. The Bertz CT molecular complexity index is 431. The van der Waals surface area contributed by atoms with E-state index in [4.69, 9.17) is 0 Å². The lowest BCUT2D eigenvalue weighted by Crippen LogP contribution is -2.06. The summed E-state index contributed by atoms with van der Waals surface area (Å²) in [6, 6.07) is 0. The Kier molecular flexibility index (Phi) is 2.32. The van der Waals surface area contributed by atoms with Crippen molar-refractivity contribution in [3.8, 4) is 0 Å². The molecule has 0 spiro atoms. The smallest absolute Gasteiger partial charge is 0.0738 e. The summed E-state index contributed by atoms with van der Waals surface area (Å²) in [6.07, 6.45) is 0. The predicted molar refractivity (Wildman–Crippen MR) is 51.7 cm³/mol. The van der Waals surface area contributed by atoms with Crippen molar-refractivity contribution >= 4 is 15.9 Å². The van der Waals surface area contributed by atoms with E-state index in [1.807, 2.05) is 18.5 Å². The van der Waals surface area contributed by atoms with Crippen molar-refractivity contribution in [2.45, 2.75) is 20.4 Å². The molecule has 0 unspecified atom stereocenters. The highest BCUT2D eigenvalue weighted by Crippen LogP contribution is 2.19. The zero-order valence-electron chi connectivity index (χ0n) is 7.77. The Hall–Kier alpha value is -1.24. The van der Waals surface area contributed by atoms with Crippen molar-refractivity contribution in [1.82, 2.24) is 30.4 Å². The van der Waals surface area contributed by atoms with Crippen LogP contribution in [0.5, 0.6) is 0 Å². The highest BCUT2D eigenvalue weighted by molar-refractivity contribution is 9.10. The summed E-state index contributed by atoms with van der Waals surface area (Å²) in [5, 5.41) is 18.6. The molecule has 0 aliphatic rings. The molecule has 0 saturated carbocycles. The molecule has 0 radical (unpaired) electrons. The lowest BCUT2D eigenvalue weighted by atomic mass is 10.4. The molecular formula is C7H8BrN6-. The lowest BCUT2D eigenvalue weighted by Gasteiger charge is -2.02. The fourth-order valence-corrected chi connectivity index (χ4v) is 1.47. The van der Waals surface area contributed by atoms with Gasteiger partial charge in [-0.2, -0.15) is 10.3 Å². The summed E-state index contributed by atoms with van der Waals surface area (Å²) in [5.74, 6) is 0.572. The maximum atomic E-state index is 4.32. The van der Waals surface area contributed by atoms with E-state index in [1.54, 1.807) is 0 Å². The molecule has 14 heavy (non-hydrogen) atoms. The van der Waals surface area contributed by atoms with Crippen LogP contribution in [0.4, 0.5) is 0 Å². The standard InChI is InChI=1S/C7H8BrN6/c1-4-7(8)5(2)14(11-4)3-6-9-12-13-10-6/h3H2,1-2H3/q-1. The van der Waals surface area contributed by atoms with Crippen LogP contribution in [0.2, 0.25) is 0 Å². The Morgan fingerprint density at radius 3 is 2.71 bits per heavy atom. The van der Waals surface area contributed by atoms with E-state index in [1.165, 1.54) is 0 Å². The highest BCUT2D eigenvalue weighted by atomic mass is 79.9. The van der Waals surface area contributed by atoms with Gasteiger partial charge in [-0.25, -0.2) is 0 Å². The molecule has 0 atom stereocenters. The first-order valence-electron chi connectivity index (χ1n) is 4.05. The molecule has 6 nitrogen and oxygen atoms in total. The van der Waals surface area contributed by atoms with Crippen LogP contribution in [0.15, 0.2) is 4.47 Å². The quantitative estimate of drug-likeness (QED) is 0.780. The van der Waals surface area contributed by atoms with Crippen molar-refractivity contribution in [3.05, 3.63) is 21.7 Å². The van der Waals surface area contributed by atoms with Crippen LogP contribution in [0, 0.1) is 13.8 Å². The van der Waals surface area contributed by atoms with Gasteiger partial charge in [0, 0.05) is 5.82 Å². The number of hydrogen-bond acceptors (Lipinski definition) is 4. The second kappa shape index (κ2) is 3.49. The highest BCUT2D eigenvalue weighted by Gasteiger charge is 2.07. The Balaban J connectivity index is 2.30. The molecule has 0 aliphatic heterocycles. The summed E-state index contributed by atoms with van der Waals surface area (Å²) in [6.45, 7) is 4.43. The topological polar surface area (TPSA) is 70.6 Å². The SMILES string of the molecule is Cc1nn(Cc2nnn[n-]2)c(C)c1Br. The van der Waals surface area contributed by atoms with Gasteiger partial charge in [0.05, 0.1) is 22.4 Å². The number of nitrogens with zero attached hydrogens (tertiary/aromatic N) is 6. The van der Waals surface area contributed by atoms with Gasteiger partial charge in [-0.05, 0) is 29.8 Å².